The van der Waals surface area contributed by atoms with Crippen LogP contribution in [0, 0.1) is 0 Å². The molecule has 0 aromatic heterocycles. The lowest BCUT2D eigenvalue weighted by Crippen LogP contribution is -2.13. The van der Waals surface area contributed by atoms with Crippen LogP contribution in [0.3, 0.4) is 0 Å². The zero-order valence-corrected chi connectivity index (χ0v) is 10.6. The maximum atomic E-state index is 8.62. The van der Waals surface area contributed by atoms with Gasteiger partial charge in [-0.15, -0.1) is 0 Å². The molecule has 0 saturated heterocycles. The standard InChI is InChI=1S/C11H17BNO4/c1-13(2)7-9-10(15-3)5-8(17-12-14)6-11(9)16-4/h5-6,14H,7H2,1-4H3. The number of hydrogen-bond donors (Lipinski definition) is 1. The Balaban J connectivity index is 3.16. The summed E-state index contributed by atoms with van der Waals surface area (Å²) in [7, 11) is 7.72. The molecule has 1 aromatic carbocycles. The van der Waals surface area contributed by atoms with Crippen molar-refractivity contribution in [1.29, 1.82) is 0 Å². The summed E-state index contributed by atoms with van der Waals surface area (Å²) in [6, 6.07) is 3.40. The molecule has 1 aromatic rings. The van der Waals surface area contributed by atoms with E-state index in [-0.39, 0.29) is 0 Å². The summed E-state index contributed by atoms with van der Waals surface area (Å²) >= 11 is 0. The van der Waals surface area contributed by atoms with E-state index in [1.807, 2.05) is 19.0 Å². The maximum Gasteiger partial charge on any atom is 0.569 e. The first-order valence-corrected chi connectivity index (χ1v) is 5.14. The van der Waals surface area contributed by atoms with Crippen molar-refractivity contribution in [2.24, 2.45) is 0 Å². The van der Waals surface area contributed by atoms with E-state index < -0.39 is 0 Å². The minimum Gasteiger partial charge on any atom is -0.537 e. The zero-order chi connectivity index (χ0) is 12.8. The first-order valence-electron chi connectivity index (χ1n) is 5.14. The molecule has 93 valence electrons. The van der Waals surface area contributed by atoms with Crippen LogP contribution in [0.5, 0.6) is 17.2 Å². The largest absolute Gasteiger partial charge is 0.569 e. The topological polar surface area (TPSA) is 51.2 Å². The van der Waals surface area contributed by atoms with Gasteiger partial charge in [0.05, 0.1) is 19.8 Å². The Bertz CT molecular complexity index is 345. The lowest BCUT2D eigenvalue weighted by atomic mass is 10.1. The fourth-order valence-electron chi connectivity index (χ4n) is 1.56. The van der Waals surface area contributed by atoms with Gasteiger partial charge in [-0.1, -0.05) is 0 Å². The van der Waals surface area contributed by atoms with E-state index in [0.29, 0.717) is 31.5 Å². The minimum absolute atomic E-state index is 0.462. The van der Waals surface area contributed by atoms with E-state index >= 15 is 0 Å². The Morgan fingerprint density at radius 3 is 2.06 bits per heavy atom. The molecule has 0 spiro atoms. The number of ether oxygens (including phenoxy) is 2. The van der Waals surface area contributed by atoms with Gasteiger partial charge >= 0.3 is 7.69 Å². The number of benzene rings is 1. The van der Waals surface area contributed by atoms with Crippen LogP contribution >= 0.6 is 0 Å². The number of nitrogens with zero attached hydrogens (tertiary/aromatic N) is 1. The SMILES string of the molecule is COc1cc(O[B]O)cc(OC)c1CN(C)C. The smallest absolute Gasteiger partial charge is 0.537 e. The lowest BCUT2D eigenvalue weighted by molar-refractivity contribution is 0.345. The normalized spacial score (nSPS) is 10.2. The molecule has 0 amide bonds. The summed E-state index contributed by atoms with van der Waals surface area (Å²) < 4.78 is 15.5. The highest BCUT2D eigenvalue weighted by Gasteiger charge is 2.14. The molecule has 0 heterocycles. The Morgan fingerprint density at radius 2 is 1.71 bits per heavy atom. The first-order chi connectivity index (χ1) is 8.12. The van der Waals surface area contributed by atoms with Crippen LogP contribution in [0.4, 0.5) is 0 Å². The molecule has 1 N–H and O–H groups in total. The van der Waals surface area contributed by atoms with E-state index in [9.17, 15) is 0 Å². The van der Waals surface area contributed by atoms with Crippen LogP contribution in [0.2, 0.25) is 0 Å². The van der Waals surface area contributed by atoms with Gasteiger partial charge < -0.3 is 24.1 Å². The van der Waals surface area contributed by atoms with Gasteiger partial charge in [-0.3, -0.25) is 0 Å². The molecule has 0 aliphatic rings. The van der Waals surface area contributed by atoms with E-state index in [1.54, 1.807) is 26.4 Å². The van der Waals surface area contributed by atoms with Crippen molar-refractivity contribution in [2.75, 3.05) is 28.3 Å². The van der Waals surface area contributed by atoms with Crippen LogP contribution < -0.4 is 14.1 Å². The minimum atomic E-state index is 0.462. The van der Waals surface area contributed by atoms with Crippen molar-refractivity contribution >= 4 is 7.69 Å². The molecular weight excluding hydrogens is 221 g/mol. The quantitative estimate of drug-likeness (QED) is 0.738. The van der Waals surface area contributed by atoms with Crippen molar-refractivity contribution in [1.82, 2.24) is 4.90 Å². The Hall–Kier alpha value is -1.40. The zero-order valence-electron chi connectivity index (χ0n) is 10.6. The number of rotatable bonds is 6. The lowest BCUT2D eigenvalue weighted by Gasteiger charge is -2.18. The first kappa shape index (κ1) is 13.7. The molecule has 0 unspecified atom stereocenters. The maximum absolute atomic E-state index is 8.62. The molecule has 1 rings (SSSR count). The molecule has 0 bridgehead atoms. The van der Waals surface area contributed by atoms with E-state index in [4.69, 9.17) is 19.2 Å². The van der Waals surface area contributed by atoms with Crippen molar-refractivity contribution in [3.05, 3.63) is 17.7 Å². The highest BCUT2D eigenvalue weighted by molar-refractivity contribution is 6.17. The molecule has 0 atom stereocenters. The predicted molar refractivity (Wildman–Crippen MR) is 65.5 cm³/mol. The van der Waals surface area contributed by atoms with E-state index in [2.05, 4.69) is 0 Å². The highest BCUT2D eigenvalue weighted by Crippen LogP contribution is 2.34. The van der Waals surface area contributed by atoms with Gasteiger partial charge in [-0.05, 0) is 14.1 Å². The van der Waals surface area contributed by atoms with Crippen molar-refractivity contribution < 1.29 is 19.2 Å². The van der Waals surface area contributed by atoms with Crippen molar-refractivity contribution in [2.45, 2.75) is 6.54 Å². The predicted octanol–water partition coefficient (Wildman–Crippen LogP) is 0.671. The van der Waals surface area contributed by atoms with Crippen molar-refractivity contribution in [3.8, 4) is 17.2 Å². The van der Waals surface area contributed by atoms with Gasteiger partial charge in [0.15, 0.2) is 0 Å². The summed E-state index contributed by atoms with van der Waals surface area (Å²) in [6.07, 6.45) is 0. The average molecular weight is 238 g/mol. The monoisotopic (exact) mass is 238 g/mol. The second kappa shape index (κ2) is 6.37. The molecule has 0 fully saturated rings. The molecule has 0 aliphatic heterocycles. The molecule has 1 radical (unpaired) electrons. The van der Waals surface area contributed by atoms with Gasteiger partial charge in [0, 0.05) is 18.7 Å². The Labute approximate surface area is 102 Å². The van der Waals surface area contributed by atoms with Gasteiger partial charge in [0.2, 0.25) is 0 Å². The summed E-state index contributed by atoms with van der Waals surface area (Å²) in [5.74, 6) is 1.79. The molecule has 5 nitrogen and oxygen atoms in total. The summed E-state index contributed by atoms with van der Waals surface area (Å²) in [4.78, 5) is 2.01. The van der Waals surface area contributed by atoms with Crippen LogP contribution in [0.15, 0.2) is 12.1 Å². The highest BCUT2D eigenvalue weighted by atomic mass is 16.5. The number of methoxy groups -OCH3 is 2. The molecule has 0 saturated carbocycles. The molecule has 17 heavy (non-hydrogen) atoms. The van der Waals surface area contributed by atoms with Crippen LogP contribution in [-0.4, -0.2) is 45.9 Å². The van der Waals surface area contributed by atoms with Gasteiger partial charge in [0.25, 0.3) is 0 Å². The summed E-state index contributed by atoms with van der Waals surface area (Å²) in [6.45, 7) is 0.690. The van der Waals surface area contributed by atoms with Crippen LogP contribution in [0.25, 0.3) is 0 Å². The fraction of sp³-hybridized carbons (Fsp3) is 0.455. The van der Waals surface area contributed by atoms with E-state index in [1.165, 1.54) is 0 Å². The third-order valence-corrected chi connectivity index (χ3v) is 2.24. The van der Waals surface area contributed by atoms with Crippen LogP contribution in [-0.2, 0) is 6.54 Å². The number of hydrogen-bond acceptors (Lipinski definition) is 5. The summed E-state index contributed by atoms with van der Waals surface area (Å²) in [5.41, 5.74) is 0.935. The van der Waals surface area contributed by atoms with Gasteiger partial charge in [0.1, 0.15) is 17.2 Å². The van der Waals surface area contributed by atoms with Gasteiger partial charge in [-0.2, -0.15) is 0 Å². The second-order valence-corrected chi connectivity index (χ2v) is 3.77. The van der Waals surface area contributed by atoms with Crippen molar-refractivity contribution in [3.63, 3.8) is 0 Å². The third kappa shape index (κ3) is 3.54. The Morgan fingerprint density at radius 1 is 1.18 bits per heavy atom. The molecular formula is C11H17BNO4. The Kier molecular flexibility index (Phi) is 5.12. The fourth-order valence-corrected chi connectivity index (χ4v) is 1.56. The summed E-state index contributed by atoms with van der Waals surface area (Å²) in [5, 5.41) is 8.62. The average Bonchev–Trinajstić information content (AvgIpc) is 2.30. The van der Waals surface area contributed by atoms with Gasteiger partial charge in [-0.25, -0.2) is 0 Å². The molecule has 6 heteroatoms. The second-order valence-electron chi connectivity index (χ2n) is 3.77. The molecule has 0 aliphatic carbocycles. The van der Waals surface area contributed by atoms with Crippen LogP contribution in [0.1, 0.15) is 5.56 Å². The third-order valence-electron chi connectivity index (χ3n) is 2.24. The van der Waals surface area contributed by atoms with E-state index in [0.717, 1.165) is 5.56 Å².